The van der Waals surface area contributed by atoms with Crippen LogP contribution in [0.4, 0.5) is 0 Å². The molecule has 2 aliphatic heterocycles. The molecular weight excluding hydrogens is 693 g/mol. The summed E-state index contributed by atoms with van der Waals surface area (Å²) in [6, 6.07) is 6.46. The van der Waals surface area contributed by atoms with E-state index in [9.17, 15) is 45.1 Å². The van der Waals surface area contributed by atoms with Gasteiger partial charge in [-0.05, 0) is 61.4 Å². The summed E-state index contributed by atoms with van der Waals surface area (Å²) < 4.78 is 88.4. The molecule has 0 bridgehead atoms. The number of sulfonamides is 3. The molecule has 0 aromatic heterocycles. The van der Waals surface area contributed by atoms with Gasteiger partial charge in [-0.1, -0.05) is 24.3 Å². The van der Waals surface area contributed by atoms with Crippen molar-refractivity contribution in [1.29, 1.82) is 0 Å². The molecule has 5 N–H and O–H groups in total. The minimum Gasteiger partial charge on any atom is -0.497 e. The molecule has 2 aromatic rings. The highest BCUT2D eigenvalue weighted by Crippen LogP contribution is 2.26. The summed E-state index contributed by atoms with van der Waals surface area (Å²) in [7, 11) is -8.98. The first-order chi connectivity index (χ1) is 22.4. The van der Waals surface area contributed by atoms with Gasteiger partial charge in [0.05, 0.1) is 36.3 Å². The number of nitrogens with one attached hydrogen (secondary N) is 1. The smallest absolute Gasteiger partial charge is 0.323 e. The summed E-state index contributed by atoms with van der Waals surface area (Å²) in [4.78, 5) is 23.2. The number of methoxy groups -OCH3 is 2. The summed E-state index contributed by atoms with van der Waals surface area (Å²) >= 11 is 0. The number of aliphatic carboxylic acids is 2. The van der Waals surface area contributed by atoms with Crippen molar-refractivity contribution in [2.24, 2.45) is 5.73 Å². The number of nitrogens with zero attached hydrogens (tertiary/aromatic N) is 2. The van der Waals surface area contributed by atoms with Crippen molar-refractivity contribution in [1.82, 2.24) is 13.3 Å². The third-order valence-corrected chi connectivity index (χ3v) is 11.8. The maximum atomic E-state index is 13.0. The fraction of sp³-hybridized carbons (Fsp3) is 0.379. The average molecular weight is 731 g/mol. The van der Waals surface area contributed by atoms with Gasteiger partial charge >= 0.3 is 11.9 Å². The van der Waals surface area contributed by atoms with Gasteiger partial charge in [-0.2, -0.15) is 8.61 Å². The molecule has 2 aromatic carbocycles. The third kappa shape index (κ3) is 9.40. The van der Waals surface area contributed by atoms with Gasteiger partial charge in [0.1, 0.15) is 23.6 Å². The van der Waals surface area contributed by atoms with E-state index in [2.05, 4.69) is 4.72 Å². The van der Waals surface area contributed by atoms with E-state index in [1.165, 1.54) is 68.8 Å². The Kier molecular flexibility index (Phi) is 12.9. The molecule has 2 heterocycles. The first-order valence-electron chi connectivity index (χ1n) is 14.2. The van der Waals surface area contributed by atoms with Gasteiger partial charge in [-0.25, -0.2) is 30.0 Å². The Morgan fingerprint density at radius 1 is 0.708 bits per heavy atom. The lowest BCUT2D eigenvalue weighted by molar-refractivity contribution is -0.143. The van der Waals surface area contributed by atoms with Crippen LogP contribution in [0.3, 0.4) is 0 Å². The number of benzene rings is 2. The molecule has 16 nitrogen and oxygen atoms in total. The van der Waals surface area contributed by atoms with Crippen LogP contribution >= 0.6 is 0 Å². The van der Waals surface area contributed by atoms with Crippen LogP contribution in [-0.2, 0) is 39.7 Å². The molecule has 0 aliphatic carbocycles. The van der Waals surface area contributed by atoms with Crippen LogP contribution in [0.15, 0.2) is 82.6 Å². The Hall–Kier alpha value is -3.85. The lowest BCUT2D eigenvalue weighted by Crippen LogP contribution is -2.56. The van der Waals surface area contributed by atoms with Crippen LogP contribution in [0, 0.1) is 0 Å². The van der Waals surface area contributed by atoms with Gasteiger partial charge in [0.2, 0.25) is 30.1 Å². The van der Waals surface area contributed by atoms with E-state index in [0.717, 1.165) is 14.9 Å². The Morgan fingerprint density at radius 3 is 1.48 bits per heavy atom. The highest BCUT2D eigenvalue weighted by atomic mass is 32.2. The summed E-state index contributed by atoms with van der Waals surface area (Å²) in [5, 5.41) is 19.0. The molecule has 19 heteroatoms. The predicted molar refractivity (Wildman–Crippen MR) is 174 cm³/mol. The molecule has 0 radical (unpaired) electrons. The van der Waals surface area contributed by atoms with Crippen molar-refractivity contribution in [3.05, 3.63) is 72.8 Å². The molecule has 4 rings (SSSR count). The van der Waals surface area contributed by atoms with E-state index in [1.54, 1.807) is 18.2 Å². The SMILES string of the molecule is COc1ccc(S(=O)(=O)N2CC=CCC(N)C2C(=O)O)cc1.COc1ccc(S(=O)(=O)N2CC=CCC(NS(C)(=O)=O)C2C(=O)O)cc1. The van der Waals surface area contributed by atoms with Crippen molar-refractivity contribution >= 4 is 42.0 Å². The van der Waals surface area contributed by atoms with Crippen molar-refractivity contribution in [3.8, 4) is 11.5 Å². The van der Waals surface area contributed by atoms with E-state index in [4.69, 9.17) is 15.2 Å². The van der Waals surface area contributed by atoms with E-state index in [1.807, 2.05) is 0 Å². The van der Waals surface area contributed by atoms with Crippen LogP contribution in [0.5, 0.6) is 11.5 Å². The topological polar surface area (TPSA) is 240 Å². The van der Waals surface area contributed by atoms with Crippen molar-refractivity contribution < 1.29 is 54.5 Å². The van der Waals surface area contributed by atoms with Crippen LogP contribution < -0.4 is 19.9 Å². The lowest BCUT2D eigenvalue weighted by atomic mass is 10.1. The van der Waals surface area contributed by atoms with Crippen molar-refractivity contribution in [3.63, 3.8) is 0 Å². The van der Waals surface area contributed by atoms with E-state index in [0.29, 0.717) is 17.9 Å². The average Bonchev–Trinajstić information content (AvgIpc) is 3.37. The van der Waals surface area contributed by atoms with Gasteiger partial charge in [0, 0.05) is 19.1 Å². The quantitative estimate of drug-likeness (QED) is 0.243. The summed E-state index contributed by atoms with van der Waals surface area (Å²) in [6.45, 7) is -0.216. The molecule has 0 saturated carbocycles. The van der Waals surface area contributed by atoms with Gasteiger partial charge in [-0.15, -0.1) is 0 Å². The van der Waals surface area contributed by atoms with E-state index in [-0.39, 0.29) is 29.3 Å². The Balaban J connectivity index is 0.000000264. The Bertz CT molecular complexity index is 1830. The molecule has 4 unspecified atom stereocenters. The lowest BCUT2D eigenvalue weighted by Gasteiger charge is -2.31. The number of hydrogen-bond acceptors (Lipinski definition) is 11. The van der Waals surface area contributed by atoms with Crippen LogP contribution in [-0.4, -0.2) is 114 Å². The molecule has 4 atom stereocenters. The second kappa shape index (κ2) is 16.0. The second-order valence-corrected chi connectivity index (χ2v) is 16.2. The number of ether oxygens (including phenoxy) is 2. The number of carboxylic acid groups (broad SMARTS) is 2. The first-order valence-corrected chi connectivity index (χ1v) is 19.0. The van der Waals surface area contributed by atoms with Gasteiger partial charge in [0.25, 0.3) is 0 Å². The van der Waals surface area contributed by atoms with Crippen molar-refractivity contribution in [2.75, 3.05) is 33.6 Å². The maximum absolute atomic E-state index is 13.0. The first kappa shape index (κ1) is 38.6. The minimum atomic E-state index is -4.18. The minimum absolute atomic E-state index is 0.00190. The third-order valence-electron chi connectivity index (χ3n) is 7.31. The molecule has 0 spiro atoms. The molecule has 264 valence electrons. The summed E-state index contributed by atoms with van der Waals surface area (Å²) in [5.41, 5.74) is 5.83. The van der Waals surface area contributed by atoms with Crippen LogP contribution in [0.1, 0.15) is 12.8 Å². The fourth-order valence-corrected chi connectivity index (χ4v) is 8.93. The predicted octanol–water partition coefficient (Wildman–Crippen LogP) is 0.443. The highest BCUT2D eigenvalue weighted by molar-refractivity contribution is 7.89. The highest BCUT2D eigenvalue weighted by Gasteiger charge is 2.42. The number of carbonyl (C=O) groups is 2. The number of nitrogens with two attached hydrogens (primary N) is 1. The number of carboxylic acids is 2. The van der Waals surface area contributed by atoms with Gasteiger partial charge < -0.3 is 25.4 Å². The van der Waals surface area contributed by atoms with E-state index < -0.39 is 66.2 Å². The largest absolute Gasteiger partial charge is 0.497 e. The molecule has 0 amide bonds. The molecule has 0 fully saturated rings. The zero-order valence-corrected chi connectivity index (χ0v) is 28.7. The number of rotatable bonds is 10. The summed E-state index contributed by atoms with van der Waals surface area (Å²) in [6.07, 6.45) is 7.63. The van der Waals surface area contributed by atoms with E-state index >= 15 is 0 Å². The molecule has 2 aliphatic rings. The van der Waals surface area contributed by atoms with Crippen molar-refractivity contribution in [2.45, 2.75) is 46.8 Å². The van der Waals surface area contributed by atoms with Crippen LogP contribution in [0.25, 0.3) is 0 Å². The zero-order chi connectivity index (χ0) is 35.9. The molecular formula is C29H38N4O12S3. The Morgan fingerprint density at radius 2 is 1.10 bits per heavy atom. The standard InChI is InChI=1S/C15H20N2O7S2.C14H18N2O5S/c1-24-11-6-8-12(9-7-11)26(22,23)17-10-4-3-5-13(14(17)15(18)19)16-25(2,20)21;1-21-10-5-7-11(8-6-10)22(19,20)16-9-3-2-4-12(15)13(16)14(17)18/h3-4,6-9,13-14,16H,5,10H2,1-2H3,(H,18,19);2-3,5-8,12-13H,4,9,15H2,1H3,(H,17,18). The fourth-order valence-electron chi connectivity index (χ4n) is 5.00. The molecule has 48 heavy (non-hydrogen) atoms. The van der Waals surface area contributed by atoms with Crippen LogP contribution in [0.2, 0.25) is 0 Å². The normalized spacial score (nSPS) is 22.4. The monoisotopic (exact) mass is 730 g/mol. The summed E-state index contributed by atoms with van der Waals surface area (Å²) in [5.74, 6) is -1.73. The van der Waals surface area contributed by atoms with Gasteiger partial charge in [0.15, 0.2) is 0 Å². The van der Waals surface area contributed by atoms with Gasteiger partial charge in [-0.3, -0.25) is 9.59 Å². The number of hydrogen-bond donors (Lipinski definition) is 4. The second-order valence-electron chi connectivity index (χ2n) is 10.6. The zero-order valence-electron chi connectivity index (χ0n) is 26.2. The Labute approximate surface area is 279 Å². The maximum Gasteiger partial charge on any atom is 0.323 e. The molecule has 0 saturated heterocycles.